The smallest absolute Gasteiger partial charge is 0.411 e. The molecular formula is C18H23N5O3. The average Bonchev–Trinajstić information content (AvgIpc) is 3.13. The molecule has 1 aliphatic rings. The summed E-state index contributed by atoms with van der Waals surface area (Å²) in [5.74, 6) is 0.504. The molecule has 0 radical (unpaired) electrons. The van der Waals surface area contributed by atoms with Gasteiger partial charge < -0.3 is 20.8 Å². The lowest BCUT2D eigenvalue weighted by molar-refractivity contribution is 0.0953. The first-order chi connectivity index (χ1) is 12.6. The number of carbonyl (C=O) groups is 2. The van der Waals surface area contributed by atoms with Gasteiger partial charge in [-0.3, -0.25) is 10.1 Å². The number of methoxy groups -OCH3 is 1. The van der Waals surface area contributed by atoms with Crippen LogP contribution >= 0.6 is 0 Å². The zero-order valence-corrected chi connectivity index (χ0v) is 14.7. The van der Waals surface area contributed by atoms with E-state index < -0.39 is 6.09 Å². The average molecular weight is 357 g/mol. The number of anilines is 1. The fourth-order valence-electron chi connectivity index (χ4n) is 2.97. The molecule has 0 fully saturated rings. The second-order valence-electron chi connectivity index (χ2n) is 6.26. The van der Waals surface area contributed by atoms with Crippen LogP contribution in [0.3, 0.4) is 0 Å². The number of aromatic nitrogens is 2. The van der Waals surface area contributed by atoms with Crippen LogP contribution in [0.25, 0.3) is 11.3 Å². The number of nitrogens with two attached hydrogens (primary N) is 1. The van der Waals surface area contributed by atoms with Crippen LogP contribution in [0.1, 0.15) is 47.9 Å². The molecule has 0 spiro atoms. The normalized spacial score (nSPS) is 17.8. The zero-order valence-electron chi connectivity index (χ0n) is 14.7. The van der Waals surface area contributed by atoms with E-state index in [9.17, 15) is 9.59 Å². The summed E-state index contributed by atoms with van der Waals surface area (Å²) in [6, 6.07) is 4.92. The Kier molecular flexibility index (Phi) is 5.52. The lowest BCUT2D eigenvalue weighted by Gasteiger charge is -2.11. The van der Waals surface area contributed by atoms with E-state index >= 15 is 0 Å². The lowest BCUT2D eigenvalue weighted by atomic mass is 10.0. The molecule has 1 aliphatic heterocycles. The molecule has 2 aromatic rings. The monoisotopic (exact) mass is 357 g/mol. The Morgan fingerprint density at radius 2 is 2.15 bits per heavy atom. The van der Waals surface area contributed by atoms with Crippen LogP contribution in [0.2, 0.25) is 0 Å². The number of ether oxygens (including phenoxy) is 1. The Morgan fingerprint density at radius 1 is 1.31 bits per heavy atom. The molecule has 2 heterocycles. The van der Waals surface area contributed by atoms with Crippen molar-refractivity contribution < 1.29 is 14.3 Å². The van der Waals surface area contributed by atoms with Gasteiger partial charge in [0.05, 0.1) is 24.4 Å². The van der Waals surface area contributed by atoms with E-state index in [1.54, 1.807) is 24.4 Å². The van der Waals surface area contributed by atoms with Crippen LogP contribution in [0.4, 0.5) is 10.5 Å². The van der Waals surface area contributed by atoms with Crippen molar-refractivity contribution in [2.45, 2.75) is 31.7 Å². The maximum Gasteiger partial charge on any atom is 0.411 e. The molecule has 0 unspecified atom stereocenters. The number of nitrogens with zero attached hydrogens (tertiary/aromatic N) is 1. The van der Waals surface area contributed by atoms with Crippen LogP contribution in [-0.4, -0.2) is 35.6 Å². The molecule has 138 valence electrons. The third-order valence-corrected chi connectivity index (χ3v) is 4.40. The van der Waals surface area contributed by atoms with Gasteiger partial charge in [0.25, 0.3) is 5.91 Å². The Bertz CT molecular complexity index is 802. The predicted molar refractivity (Wildman–Crippen MR) is 97.8 cm³/mol. The fourth-order valence-corrected chi connectivity index (χ4v) is 2.97. The number of fused-ring (bicyclic) bond motifs is 4. The molecule has 1 aromatic heterocycles. The third-order valence-electron chi connectivity index (χ3n) is 4.40. The van der Waals surface area contributed by atoms with E-state index in [1.165, 1.54) is 7.11 Å². The predicted octanol–water partition coefficient (Wildman–Crippen LogP) is 2.56. The van der Waals surface area contributed by atoms with Crippen LogP contribution in [-0.2, 0) is 4.74 Å². The number of carbonyl (C=O) groups excluding carboxylic acids is 2. The molecule has 1 aromatic carbocycles. The molecule has 5 N–H and O–H groups in total. The molecule has 26 heavy (non-hydrogen) atoms. The van der Waals surface area contributed by atoms with Gasteiger partial charge in [-0.2, -0.15) is 0 Å². The number of nitrogens with one attached hydrogen (secondary N) is 3. The van der Waals surface area contributed by atoms with Gasteiger partial charge in [0.1, 0.15) is 5.82 Å². The highest BCUT2D eigenvalue weighted by molar-refractivity contribution is 6.02. The molecule has 8 nitrogen and oxygen atoms in total. The van der Waals surface area contributed by atoms with E-state index in [0.717, 1.165) is 25.7 Å². The number of H-pyrrole nitrogens is 1. The van der Waals surface area contributed by atoms with Gasteiger partial charge in [-0.15, -0.1) is 0 Å². The van der Waals surface area contributed by atoms with Gasteiger partial charge in [-0.25, -0.2) is 9.78 Å². The topological polar surface area (TPSA) is 122 Å². The minimum Gasteiger partial charge on any atom is -0.453 e. The van der Waals surface area contributed by atoms with Gasteiger partial charge in [-0.1, -0.05) is 12.8 Å². The van der Waals surface area contributed by atoms with Gasteiger partial charge in [-0.05, 0) is 31.0 Å². The van der Waals surface area contributed by atoms with Gasteiger partial charge in [0.2, 0.25) is 0 Å². The quantitative estimate of drug-likeness (QED) is 0.625. The van der Waals surface area contributed by atoms with Crippen LogP contribution in [0.15, 0.2) is 24.4 Å². The molecule has 1 atom stereocenters. The summed E-state index contributed by atoms with van der Waals surface area (Å²) in [5.41, 5.74) is 8.43. The summed E-state index contributed by atoms with van der Waals surface area (Å²) >= 11 is 0. The van der Waals surface area contributed by atoms with Crippen molar-refractivity contribution >= 4 is 17.7 Å². The highest BCUT2D eigenvalue weighted by Crippen LogP contribution is 2.27. The Labute approximate surface area is 151 Å². The largest absolute Gasteiger partial charge is 0.453 e. The number of hydrogen-bond donors (Lipinski definition) is 4. The van der Waals surface area contributed by atoms with Crippen LogP contribution < -0.4 is 16.4 Å². The molecule has 2 bridgehead atoms. The maximum absolute atomic E-state index is 12.7. The minimum atomic E-state index is -0.594. The Balaban J connectivity index is 2.00. The minimum absolute atomic E-state index is 0.156. The standard InChI is InChI=1S/C18H23N5O3/c1-26-18(25)22-11-6-7-12-13(9-11)17(24)20-8-4-2-3-5-14(19)16-21-10-15(12)23-16/h6-7,9-10,14H,2-5,8,19H2,1H3,(H,20,24)(H,21,23)(H,22,25)/t14-/m0/s1. The number of benzene rings is 1. The number of rotatable bonds is 1. The number of aromatic amines is 1. The fraction of sp³-hybridized carbons (Fsp3) is 0.389. The first kappa shape index (κ1) is 17.9. The van der Waals surface area contributed by atoms with Crippen molar-refractivity contribution in [3.63, 3.8) is 0 Å². The first-order valence-corrected chi connectivity index (χ1v) is 8.67. The van der Waals surface area contributed by atoms with Crippen LogP contribution in [0, 0.1) is 0 Å². The molecule has 0 aliphatic carbocycles. The SMILES string of the molecule is COC(=O)Nc1ccc2c(c1)C(=O)NCCCCC[C@H](N)c1nc-2c[nH]1. The van der Waals surface area contributed by atoms with Gasteiger partial charge in [0, 0.05) is 24.0 Å². The Hall–Kier alpha value is -2.87. The second-order valence-corrected chi connectivity index (χ2v) is 6.26. The molecule has 8 heteroatoms. The van der Waals surface area contributed by atoms with Gasteiger partial charge in [0.15, 0.2) is 0 Å². The van der Waals surface area contributed by atoms with Crippen molar-refractivity contribution in [3.05, 3.63) is 35.8 Å². The maximum atomic E-state index is 12.7. The van der Waals surface area contributed by atoms with Crippen molar-refractivity contribution in [2.24, 2.45) is 5.73 Å². The van der Waals surface area contributed by atoms with E-state index in [1.807, 2.05) is 0 Å². The first-order valence-electron chi connectivity index (χ1n) is 8.67. The summed E-state index contributed by atoms with van der Waals surface area (Å²) in [4.78, 5) is 31.8. The molecule has 2 amide bonds. The third kappa shape index (κ3) is 4.02. The summed E-state index contributed by atoms with van der Waals surface area (Å²) in [6.07, 6.45) is 4.85. The van der Waals surface area contributed by atoms with E-state index in [4.69, 9.17) is 5.73 Å². The number of amides is 2. The second kappa shape index (κ2) is 8.01. The van der Waals surface area contributed by atoms with Crippen molar-refractivity contribution in [1.82, 2.24) is 15.3 Å². The Morgan fingerprint density at radius 3 is 2.96 bits per heavy atom. The van der Waals surface area contributed by atoms with Crippen LogP contribution in [0.5, 0.6) is 0 Å². The highest BCUT2D eigenvalue weighted by Gasteiger charge is 2.19. The van der Waals surface area contributed by atoms with Gasteiger partial charge >= 0.3 is 6.09 Å². The van der Waals surface area contributed by atoms with E-state index in [-0.39, 0.29) is 11.9 Å². The summed E-state index contributed by atoms with van der Waals surface area (Å²) < 4.78 is 4.60. The molecule has 3 rings (SSSR count). The molecular weight excluding hydrogens is 334 g/mol. The van der Waals surface area contributed by atoms with Crippen molar-refractivity contribution in [3.8, 4) is 11.3 Å². The number of hydrogen-bond acceptors (Lipinski definition) is 5. The highest BCUT2D eigenvalue weighted by atomic mass is 16.5. The summed E-state index contributed by atoms with van der Waals surface area (Å²) in [6.45, 7) is 0.590. The van der Waals surface area contributed by atoms with Crippen molar-refractivity contribution in [2.75, 3.05) is 19.0 Å². The summed E-state index contributed by atoms with van der Waals surface area (Å²) in [7, 11) is 1.28. The van der Waals surface area contributed by atoms with Crippen molar-refractivity contribution in [1.29, 1.82) is 0 Å². The number of imidazole rings is 1. The van der Waals surface area contributed by atoms with E-state index in [0.29, 0.717) is 34.9 Å². The zero-order chi connectivity index (χ0) is 18.5. The lowest BCUT2D eigenvalue weighted by Crippen LogP contribution is -2.25. The molecule has 0 saturated carbocycles. The summed E-state index contributed by atoms with van der Waals surface area (Å²) in [5, 5.41) is 5.51. The van der Waals surface area contributed by atoms with E-state index in [2.05, 4.69) is 25.3 Å². The molecule has 0 saturated heterocycles.